The molecule has 2 aromatic rings. The maximum absolute atomic E-state index is 10.2. The van der Waals surface area contributed by atoms with Crippen molar-refractivity contribution in [1.82, 2.24) is 15.2 Å². The summed E-state index contributed by atoms with van der Waals surface area (Å²) in [5.74, 6) is 0. The van der Waals surface area contributed by atoms with Gasteiger partial charge in [-0.25, -0.2) is 0 Å². The minimum Gasteiger partial charge on any atom is -0.388 e. The Kier molecular flexibility index (Phi) is 3.44. The third-order valence-corrected chi connectivity index (χ3v) is 2.68. The average Bonchev–Trinajstić information content (AvgIpc) is 2.33. The minimum absolute atomic E-state index is 0.549. The smallest absolute Gasteiger partial charge is 0.0849 e. The van der Waals surface area contributed by atoms with Crippen LogP contribution in [0.4, 0.5) is 0 Å². The molecule has 0 amide bonds. The number of hydrogen-bond donors (Lipinski definition) is 1. The van der Waals surface area contributed by atoms with Crippen molar-refractivity contribution < 1.29 is 5.11 Å². The van der Waals surface area contributed by atoms with Crippen molar-refractivity contribution in [2.24, 2.45) is 0 Å². The Morgan fingerprint density at radius 3 is 2.59 bits per heavy atom. The van der Waals surface area contributed by atoms with Crippen molar-refractivity contribution in [3.63, 3.8) is 0 Å². The van der Waals surface area contributed by atoms with Gasteiger partial charge in [0.15, 0.2) is 0 Å². The van der Waals surface area contributed by atoms with Gasteiger partial charge in [-0.05, 0) is 37.6 Å². The van der Waals surface area contributed by atoms with E-state index in [4.69, 9.17) is 0 Å². The Morgan fingerprint density at radius 2 is 1.88 bits per heavy atom. The van der Waals surface area contributed by atoms with E-state index in [2.05, 4.69) is 15.2 Å². The molecule has 88 valence electrons. The third kappa shape index (κ3) is 2.85. The molecule has 1 atom stereocenters. The highest BCUT2D eigenvalue weighted by molar-refractivity contribution is 5.24. The lowest BCUT2D eigenvalue weighted by atomic mass is 10.0. The summed E-state index contributed by atoms with van der Waals surface area (Å²) in [6.07, 6.45) is 3.47. The SMILES string of the molecule is Cc1cc(C(O)Cc2ccncc2)c(C)nn1. The summed E-state index contributed by atoms with van der Waals surface area (Å²) in [5.41, 5.74) is 3.49. The standard InChI is InChI=1S/C13H15N3O/c1-9-7-12(10(2)16-15-9)13(17)8-11-3-5-14-6-4-11/h3-7,13,17H,8H2,1-2H3. The van der Waals surface area contributed by atoms with Crippen molar-refractivity contribution in [3.05, 3.63) is 53.1 Å². The number of hydrogen-bond acceptors (Lipinski definition) is 4. The molecule has 1 N–H and O–H groups in total. The van der Waals surface area contributed by atoms with Crippen molar-refractivity contribution in [2.45, 2.75) is 26.4 Å². The molecule has 2 aromatic heterocycles. The minimum atomic E-state index is -0.549. The van der Waals surface area contributed by atoms with Crippen LogP contribution in [0.2, 0.25) is 0 Å². The first kappa shape index (κ1) is 11.7. The molecule has 0 aliphatic carbocycles. The highest BCUT2D eigenvalue weighted by Crippen LogP contribution is 2.20. The first-order chi connectivity index (χ1) is 8.16. The molecule has 0 saturated carbocycles. The van der Waals surface area contributed by atoms with Gasteiger partial charge in [-0.1, -0.05) is 0 Å². The zero-order valence-corrected chi connectivity index (χ0v) is 9.96. The van der Waals surface area contributed by atoms with Crippen LogP contribution in [0.25, 0.3) is 0 Å². The second-order valence-corrected chi connectivity index (χ2v) is 4.10. The largest absolute Gasteiger partial charge is 0.388 e. The molecule has 0 aliphatic heterocycles. The lowest BCUT2D eigenvalue weighted by Gasteiger charge is -2.13. The monoisotopic (exact) mass is 229 g/mol. The number of aryl methyl sites for hydroxylation is 2. The number of aliphatic hydroxyl groups excluding tert-OH is 1. The van der Waals surface area contributed by atoms with Gasteiger partial charge in [-0.15, -0.1) is 0 Å². The van der Waals surface area contributed by atoms with Gasteiger partial charge in [0, 0.05) is 24.4 Å². The van der Waals surface area contributed by atoms with E-state index in [1.165, 1.54) is 0 Å². The first-order valence-corrected chi connectivity index (χ1v) is 5.54. The normalized spacial score (nSPS) is 12.4. The van der Waals surface area contributed by atoms with Crippen LogP contribution in [0.5, 0.6) is 0 Å². The Bertz CT molecular complexity index is 499. The highest BCUT2D eigenvalue weighted by Gasteiger charge is 2.12. The van der Waals surface area contributed by atoms with E-state index in [0.717, 1.165) is 22.5 Å². The molecular weight excluding hydrogens is 214 g/mol. The van der Waals surface area contributed by atoms with Gasteiger partial charge in [0.2, 0.25) is 0 Å². The quantitative estimate of drug-likeness (QED) is 0.871. The number of aromatic nitrogens is 3. The number of aliphatic hydroxyl groups is 1. The molecule has 4 nitrogen and oxygen atoms in total. The van der Waals surface area contributed by atoms with E-state index in [1.54, 1.807) is 12.4 Å². The highest BCUT2D eigenvalue weighted by atomic mass is 16.3. The van der Waals surface area contributed by atoms with Crippen molar-refractivity contribution in [1.29, 1.82) is 0 Å². The second kappa shape index (κ2) is 5.01. The maximum Gasteiger partial charge on any atom is 0.0849 e. The van der Waals surface area contributed by atoms with E-state index in [1.807, 2.05) is 32.0 Å². The average molecular weight is 229 g/mol. The van der Waals surface area contributed by atoms with Crippen LogP contribution < -0.4 is 0 Å². The van der Waals surface area contributed by atoms with E-state index in [0.29, 0.717) is 6.42 Å². The number of rotatable bonds is 3. The zero-order valence-electron chi connectivity index (χ0n) is 9.96. The van der Waals surface area contributed by atoms with Crippen molar-refractivity contribution >= 4 is 0 Å². The van der Waals surface area contributed by atoms with Gasteiger partial charge in [0.25, 0.3) is 0 Å². The second-order valence-electron chi connectivity index (χ2n) is 4.10. The van der Waals surface area contributed by atoms with Crippen LogP contribution in [0, 0.1) is 13.8 Å². The fourth-order valence-electron chi connectivity index (χ4n) is 1.76. The predicted molar refractivity (Wildman–Crippen MR) is 64.4 cm³/mol. The predicted octanol–water partition coefficient (Wildman–Crippen LogP) is 1.76. The molecule has 0 saturated heterocycles. The van der Waals surface area contributed by atoms with E-state index in [9.17, 15) is 5.11 Å². The Balaban J connectivity index is 2.20. The fraction of sp³-hybridized carbons (Fsp3) is 0.308. The molecule has 2 rings (SSSR count). The molecule has 1 unspecified atom stereocenters. The summed E-state index contributed by atoms with van der Waals surface area (Å²) in [4.78, 5) is 3.95. The van der Waals surface area contributed by atoms with Crippen LogP contribution in [0.3, 0.4) is 0 Å². The lowest BCUT2D eigenvalue weighted by molar-refractivity contribution is 0.177. The summed E-state index contributed by atoms with van der Waals surface area (Å²) in [6.45, 7) is 3.73. The number of nitrogens with zero attached hydrogens (tertiary/aromatic N) is 3. The summed E-state index contributed by atoms with van der Waals surface area (Å²) in [6, 6.07) is 5.69. The zero-order chi connectivity index (χ0) is 12.3. The molecular formula is C13H15N3O. The van der Waals surface area contributed by atoms with Crippen LogP contribution in [0.1, 0.15) is 28.6 Å². The van der Waals surface area contributed by atoms with Gasteiger partial charge in [-0.3, -0.25) is 4.98 Å². The Labute approximate surface area is 100 Å². The summed E-state index contributed by atoms with van der Waals surface area (Å²) < 4.78 is 0. The van der Waals surface area contributed by atoms with E-state index < -0.39 is 6.10 Å². The molecule has 0 radical (unpaired) electrons. The third-order valence-electron chi connectivity index (χ3n) is 2.68. The van der Waals surface area contributed by atoms with Crippen LogP contribution in [-0.2, 0) is 6.42 Å². The molecule has 0 aromatic carbocycles. The van der Waals surface area contributed by atoms with Crippen molar-refractivity contribution in [2.75, 3.05) is 0 Å². The lowest BCUT2D eigenvalue weighted by Crippen LogP contribution is -2.07. The van der Waals surface area contributed by atoms with Gasteiger partial charge in [-0.2, -0.15) is 10.2 Å². The van der Waals surface area contributed by atoms with Gasteiger partial charge in [0.05, 0.1) is 17.5 Å². The van der Waals surface area contributed by atoms with Gasteiger partial charge < -0.3 is 5.11 Å². The molecule has 17 heavy (non-hydrogen) atoms. The van der Waals surface area contributed by atoms with Crippen molar-refractivity contribution in [3.8, 4) is 0 Å². The molecule has 2 heterocycles. The Hall–Kier alpha value is -1.81. The van der Waals surface area contributed by atoms with E-state index in [-0.39, 0.29) is 0 Å². The first-order valence-electron chi connectivity index (χ1n) is 5.54. The molecule has 4 heteroatoms. The summed E-state index contributed by atoms with van der Waals surface area (Å²) in [7, 11) is 0. The fourth-order valence-corrected chi connectivity index (χ4v) is 1.76. The topological polar surface area (TPSA) is 58.9 Å². The molecule has 0 bridgehead atoms. The molecule has 0 fully saturated rings. The molecule has 0 aliphatic rings. The van der Waals surface area contributed by atoms with Gasteiger partial charge >= 0.3 is 0 Å². The van der Waals surface area contributed by atoms with E-state index >= 15 is 0 Å². The van der Waals surface area contributed by atoms with Crippen LogP contribution in [0.15, 0.2) is 30.6 Å². The van der Waals surface area contributed by atoms with Crippen LogP contribution >= 0.6 is 0 Å². The summed E-state index contributed by atoms with van der Waals surface area (Å²) >= 11 is 0. The Morgan fingerprint density at radius 1 is 1.18 bits per heavy atom. The molecule has 0 spiro atoms. The van der Waals surface area contributed by atoms with Crippen LogP contribution in [-0.4, -0.2) is 20.3 Å². The summed E-state index contributed by atoms with van der Waals surface area (Å²) in [5, 5.41) is 18.2. The number of pyridine rings is 1. The van der Waals surface area contributed by atoms with Gasteiger partial charge in [0.1, 0.15) is 0 Å². The maximum atomic E-state index is 10.2.